The summed E-state index contributed by atoms with van der Waals surface area (Å²) in [7, 11) is 0. The zero-order valence-electron chi connectivity index (χ0n) is 10.7. The van der Waals surface area contributed by atoms with E-state index in [1.807, 2.05) is 44.2 Å². The summed E-state index contributed by atoms with van der Waals surface area (Å²) in [5.74, 6) is 0.839. The molecule has 0 amide bonds. The van der Waals surface area contributed by atoms with Crippen LogP contribution in [0.15, 0.2) is 36.4 Å². The molecule has 2 aromatic rings. The number of rotatable bonds is 1. The zero-order valence-corrected chi connectivity index (χ0v) is 10.7. The number of cyclic esters (lactones) is 1. The van der Waals surface area contributed by atoms with Gasteiger partial charge in [0, 0.05) is 18.6 Å². The van der Waals surface area contributed by atoms with Crippen LogP contribution in [0, 0.1) is 6.92 Å². The fraction of sp³-hybridized carbons (Fsp3) is 0.214. The van der Waals surface area contributed by atoms with Gasteiger partial charge in [-0.2, -0.15) is 9.78 Å². The monoisotopic (exact) mass is 255 g/mol. The number of ether oxygens (including phenoxy) is 1. The van der Waals surface area contributed by atoms with Crippen molar-refractivity contribution in [2.24, 2.45) is 0 Å². The van der Waals surface area contributed by atoms with Crippen molar-refractivity contribution in [2.45, 2.75) is 19.6 Å². The van der Waals surface area contributed by atoms with Crippen LogP contribution in [-0.4, -0.2) is 20.7 Å². The molecule has 1 aromatic carbocycles. The molecule has 2 heterocycles. The molecule has 1 aliphatic rings. The van der Waals surface area contributed by atoms with Gasteiger partial charge in [0.1, 0.15) is 5.82 Å². The molecular formula is C14H13N3O2. The van der Waals surface area contributed by atoms with Crippen molar-refractivity contribution in [1.29, 1.82) is 0 Å². The SMILES string of the molecule is Cc1nc2n(n1)C(C)(c1ccccc1)OC(=O)C=C2. The largest absolute Gasteiger partial charge is 0.430 e. The second-order valence-corrected chi connectivity index (χ2v) is 4.53. The second kappa shape index (κ2) is 4.05. The summed E-state index contributed by atoms with van der Waals surface area (Å²) in [5, 5.41) is 4.35. The fourth-order valence-electron chi connectivity index (χ4n) is 2.20. The van der Waals surface area contributed by atoms with E-state index in [-0.39, 0.29) is 0 Å². The molecule has 5 heteroatoms. The Labute approximate surface area is 110 Å². The Kier molecular flexibility index (Phi) is 2.48. The van der Waals surface area contributed by atoms with Gasteiger partial charge in [0.2, 0.25) is 5.72 Å². The van der Waals surface area contributed by atoms with Crippen molar-refractivity contribution in [3.05, 3.63) is 53.6 Å². The Hall–Kier alpha value is -2.43. The van der Waals surface area contributed by atoms with Crippen molar-refractivity contribution in [3.8, 4) is 0 Å². The first-order valence-corrected chi connectivity index (χ1v) is 6.00. The topological polar surface area (TPSA) is 57.0 Å². The molecule has 0 bridgehead atoms. The highest BCUT2D eigenvalue weighted by atomic mass is 16.6. The molecule has 0 radical (unpaired) electrons. The smallest absolute Gasteiger partial charge is 0.333 e. The number of nitrogens with zero attached hydrogens (tertiary/aromatic N) is 3. The molecule has 1 aromatic heterocycles. The predicted molar refractivity (Wildman–Crippen MR) is 69.1 cm³/mol. The maximum atomic E-state index is 11.7. The Morgan fingerprint density at radius 3 is 2.68 bits per heavy atom. The molecule has 0 aliphatic carbocycles. The molecule has 5 nitrogen and oxygen atoms in total. The summed E-state index contributed by atoms with van der Waals surface area (Å²) in [6.45, 7) is 3.62. The van der Waals surface area contributed by atoms with E-state index in [4.69, 9.17) is 4.74 Å². The van der Waals surface area contributed by atoms with Crippen molar-refractivity contribution in [2.75, 3.05) is 0 Å². The van der Waals surface area contributed by atoms with Crippen molar-refractivity contribution in [1.82, 2.24) is 14.8 Å². The van der Waals surface area contributed by atoms with Crippen LogP contribution in [0.3, 0.4) is 0 Å². The van der Waals surface area contributed by atoms with Crippen molar-refractivity contribution >= 4 is 12.0 Å². The molecule has 0 N–H and O–H groups in total. The van der Waals surface area contributed by atoms with E-state index in [9.17, 15) is 4.79 Å². The first-order chi connectivity index (χ1) is 9.09. The van der Waals surface area contributed by atoms with Crippen molar-refractivity contribution in [3.63, 3.8) is 0 Å². The van der Waals surface area contributed by atoms with E-state index >= 15 is 0 Å². The number of carbonyl (C=O) groups is 1. The molecule has 3 rings (SSSR count). The van der Waals surface area contributed by atoms with Gasteiger partial charge in [-0.3, -0.25) is 0 Å². The van der Waals surface area contributed by atoms with E-state index < -0.39 is 11.7 Å². The maximum Gasteiger partial charge on any atom is 0.333 e. The lowest BCUT2D eigenvalue weighted by atomic mass is 10.0. The zero-order chi connectivity index (χ0) is 13.5. The summed E-state index contributed by atoms with van der Waals surface area (Å²) >= 11 is 0. The van der Waals surface area contributed by atoms with Crippen LogP contribution in [0.1, 0.15) is 24.1 Å². The average Bonchev–Trinajstić information content (AvgIpc) is 2.74. The number of aromatic nitrogens is 3. The summed E-state index contributed by atoms with van der Waals surface area (Å²) < 4.78 is 7.20. The standard InChI is InChI=1S/C14H13N3O2/c1-10-15-12-8-9-13(18)19-14(2,17(12)16-10)11-6-4-3-5-7-11/h3-9H,1-2H3. The van der Waals surface area contributed by atoms with Crippen LogP contribution in [-0.2, 0) is 15.3 Å². The highest BCUT2D eigenvalue weighted by molar-refractivity contribution is 5.87. The minimum absolute atomic E-state index is 0.406. The molecular weight excluding hydrogens is 242 g/mol. The van der Waals surface area contributed by atoms with E-state index in [2.05, 4.69) is 10.1 Å². The minimum Gasteiger partial charge on any atom is -0.430 e. The van der Waals surface area contributed by atoms with Gasteiger partial charge in [0.25, 0.3) is 0 Å². The number of hydrogen-bond acceptors (Lipinski definition) is 4. The lowest BCUT2D eigenvalue weighted by Gasteiger charge is -2.29. The third-order valence-electron chi connectivity index (χ3n) is 3.12. The minimum atomic E-state index is -0.988. The van der Waals surface area contributed by atoms with E-state index in [1.54, 1.807) is 10.8 Å². The summed E-state index contributed by atoms with van der Waals surface area (Å²) in [5.41, 5.74) is -0.142. The predicted octanol–water partition coefficient (Wildman–Crippen LogP) is 1.88. The number of carbonyl (C=O) groups excluding carboxylic acids is 1. The first-order valence-electron chi connectivity index (χ1n) is 6.00. The molecule has 0 spiro atoms. The number of benzene rings is 1. The third-order valence-corrected chi connectivity index (χ3v) is 3.12. The van der Waals surface area contributed by atoms with E-state index in [0.717, 1.165) is 5.56 Å². The van der Waals surface area contributed by atoms with Gasteiger partial charge in [0.05, 0.1) is 0 Å². The molecule has 96 valence electrons. The number of hydrogen-bond donors (Lipinski definition) is 0. The van der Waals surface area contributed by atoms with Crippen molar-refractivity contribution < 1.29 is 9.53 Å². The Balaban J connectivity index is 2.23. The van der Waals surface area contributed by atoms with Gasteiger partial charge in [-0.25, -0.2) is 9.78 Å². The first kappa shape index (κ1) is 11.6. The lowest BCUT2D eigenvalue weighted by Crippen LogP contribution is -2.37. The van der Waals surface area contributed by atoms with Gasteiger partial charge < -0.3 is 4.74 Å². The highest BCUT2D eigenvalue weighted by Crippen LogP contribution is 2.30. The Morgan fingerprint density at radius 2 is 1.95 bits per heavy atom. The summed E-state index contributed by atoms with van der Waals surface area (Å²) in [6, 6.07) is 9.52. The molecule has 1 atom stereocenters. The average molecular weight is 255 g/mol. The third kappa shape index (κ3) is 1.83. The molecule has 0 fully saturated rings. The van der Waals surface area contributed by atoms with Crippen LogP contribution in [0.2, 0.25) is 0 Å². The van der Waals surface area contributed by atoms with Crippen LogP contribution < -0.4 is 0 Å². The van der Waals surface area contributed by atoms with Crippen LogP contribution in [0.4, 0.5) is 0 Å². The molecule has 0 saturated carbocycles. The number of esters is 1. The maximum absolute atomic E-state index is 11.7. The van der Waals surface area contributed by atoms with Gasteiger partial charge in [-0.15, -0.1) is 0 Å². The highest BCUT2D eigenvalue weighted by Gasteiger charge is 2.37. The van der Waals surface area contributed by atoms with Gasteiger partial charge >= 0.3 is 5.97 Å². The normalized spacial score (nSPS) is 21.7. The molecule has 19 heavy (non-hydrogen) atoms. The molecule has 1 aliphatic heterocycles. The van der Waals surface area contributed by atoms with E-state index in [1.165, 1.54) is 6.08 Å². The van der Waals surface area contributed by atoms with Crippen LogP contribution in [0.5, 0.6) is 0 Å². The van der Waals surface area contributed by atoms with Crippen LogP contribution >= 0.6 is 0 Å². The summed E-state index contributed by atoms with van der Waals surface area (Å²) in [4.78, 5) is 16.0. The summed E-state index contributed by atoms with van der Waals surface area (Å²) in [6.07, 6.45) is 2.99. The number of fused-ring (bicyclic) bond motifs is 1. The molecule has 1 unspecified atom stereocenters. The quantitative estimate of drug-likeness (QED) is 0.730. The fourth-order valence-corrected chi connectivity index (χ4v) is 2.20. The van der Waals surface area contributed by atoms with E-state index in [0.29, 0.717) is 11.6 Å². The Bertz CT molecular complexity index is 661. The van der Waals surface area contributed by atoms with Gasteiger partial charge in [-0.1, -0.05) is 30.3 Å². The second-order valence-electron chi connectivity index (χ2n) is 4.53. The molecule has 0 saturated heterocycles. The lowest BCUT2D eigenvalue weighted by molar-refractivity contribution is -0.157. The Morgan fingerprint density at radius 1 is 1.21 bits per heavy atom. The van der Waals surface area contributed by atoms with Gasteiger partial charge in [-0.05, 0) is 13.0 Å². The van der Waals surface area contributed by atoms with Gasteiger partial charge in [0.15, 0.2) is 5.82 Å². The number of aryl methyl sites for hydroxylation is 1. The van der Waals surface area contributed by atoms with Crippen LogP contribution in [0.25, 0.3) is 6.08 Å².